The van der Waals surface area contributed by atoms with Gasteiger partial charge < -0.3 is 5.11 Å². The predicted molar refractivity (Wildman–Crippen MR) is 72.9 cm³/mol. The monoisotopic (exact) mass is 276 g/mol. The normalized spacial score (nSPS) is 20.8. The minimum Gasteiger partial charge on any atom is -0.395 e. The lowest BCUT2D eigenvalue weighted by Gasteiger charge is -2.37. The molecule has 1 fully saturated rings. The molecule has 0 aromatic carbocycles. The lowest BCUT2D eigenvalue weighted by Crippen LogP contribution is -2.53. The molecule has 18 heavy (non-hydrogen) atoms. The van der Waals surface area contributed by atoms with Crippen LogP contribution in [0.4, 0.5) is 0 Å². The third-order valence-electron chi connectivity index (χ3n) is 3.44. The molecule has 1 aliphatic heterocycles. The fourth-order valence-electron chi connectivity index (χ4n) is 2.21. The van der Waals surface area contributed by atoms with E-state index in [9.17, 15) is 13.5 Å². The summed E-state index contributed by atoms with van der Waals surface area (Å²) in [4.78, 5) is 2.17. The molecular weight excluding hydrogens is 252 g/mol. The molecule has 0 saturated carbocycles. The third-order valence-corrected chi connectivity index (χ3v) is 5.35. The van der Waals surface area contributed by atoms with Gasteiger partial charge in [0.1, 0.15) is 0 Å². The molecule has 5 nitrogen and oxygen atoms in total. The van der Waals surface area contributed by atoms with Crippen LogP contribution in [0.3, 0.4) is 0 Å². The number of hydrogen-bond acceptors (Lipinski definition) is 4. The number of nitrogens with zero attached hydrogens (tertiary/aromatic N) is 2. The Kier molecular flexibility index (Phi) is 6.28. The smallest absolute Gasteiger partial charge is 0.214 e. The fourth-order valence-corrected chi connectivity index (χ4v) is 3.65. The van der Waals surface area contributed by atoms with Crippen molar-refractivity contribution in [1.29, 1.82) is 0 Å². The average molecular weight is 276 g/mol. The lowest BCUT2D eigenvalue weighted by molar-refractivity contribution is 0.0881. The van der Waals surface area contributed by atoms with E-state index in [4.69, 9.17) is 0 Å². The van der Waals surface area contributed by atoms with Gasteiger partial charge in [-0.3, -0.25) is 4.90 Å². The summed E-state index contributed by atoms with van der Waals surface area (Å²) in [7, 11) is -3.14. The maximum atomic E-state index is 12.0. The maximum Gasteiger partial charge on any atom is 0.214 e. The molecule has 1 rings (SSSR count). The topological polar surface area (TPSA) is 60.9 Å². The van der Waals surface area contributed by atoms with E-state index in [2.05, 4.69) is 11.5 Å². The first-order chi connectivity index (χ1) is 8.55. The van der Waals surface area contributed by atoms with Gasteiger partial charge in [0, 0.05) is 32.2 Å². The summed E-state index contributed by atoms with van der Waals surface area (Å²) < 4.78 is 25.5. The van der Waals surface area contributed by atoms with Crippen LogP contribution in [0, 0.1) is 0 Å². The molecule has 0 spiro atoms. The molecule has 1 atom stereocenters. The molecule has 0 aliphatic carbocycles. The minimum atomic E-state index is -3.14. The van der Waals surface area contributed by atoms with Gasteiger partial charge in [-0.1, -0.05) is 13.0 Å². The molecule has 0 radical (unpaired) electrons. The number of rotatable bonds is 7. The summed E-state index contributed by atoms with van der Waals surface area (Å²) >= 11 is 0. The van der Waals surface area contributed by atoms with E-state index in [1.807, 2.05) is 6.92 Å². The molecule has 1 aliphatic rings. The van der Waals surface area contributed by atoms with E-state index >= 15 is 0 Å². The minimum absolute atomic E-state index is 0.139. The maximum absolute atomic E-state index is 12.0. The summed E-state index contributed by atoms with van der Waals surface area (Å²) in [5.41, 5.74) is 0. The Balaban J connectivity index is 2.50. The first kappa shape index (κ1) is 15.6. The first-order valence-electron chi connectivity index (χ1n) is 6.48. The Hall–Kier alpha value is -0.430. The van der Waals surface area contributed by atoms with Crippen LogP contribution >= 0.6 is 0 Å². The van der Waals surface area contributed by atoms with Crippen molar-refractivity contribution in [3.05, 3.63) is 12.7 Å². The molecule has 0 aromatic heterocycles. The van der Waals surface area contributed by atoms with Crippen molar-refractivity contribution in [2.45, 2.75) is 25.8 Å². The molecule has 0 amide bonds. The van der Waals surface area contributed by atoms with Gasteiger partial charge in [0.05, 0.1) is 12.4 Å². The van der Waals surface area contributed by atoms with Crippen LogP contribution in [-0.2, 0) is 10.0 Å². The number of piperazine rings is 1. The van der Waals surface area contributed by atoms with Crippen LogP contribution in [0.1, 0.15) is 19.8 Å². The Morgan fingerprint density at radius 3 is 2.39 bits per heavy atom. The number of aliphatic hydroxyl groups is 1. The van der Waals surface area contributed by atoms with E-state index in [1.54, 1.807) is 10.4 Å². The molecule has 0 aromatic rings. The number of hydrogen-bond donors (Lipinski definition) is 1. The highest BCUT2D eigenvalue weighted by molar-refractivity contribution is 7.89. The third kappa shape index (κ3) is 4.05. The predicted octanol–water partition coefficient (Wildman–Crippen LogP) is 0.281. The first-order valence-corrected chi connectivity index (χ1v) is 8.09. The molecular formula is C12H24N2O3S. The molecule has 1 N–H and O–H groups in total. The van der Waals surface area contributed by atoms with Crippen molar-refractivity contribution in [2.24, 2.45) is 0 Å². The Bertz CT molecular complexity index is 344. The van der Waals surface area contributed by atoms with Gasteiger partial charge in [0.25, 0.3) is 0 Å². The zero-order valence-corrected chi connectivity index (χ0v) is 11.9. The lowest BCUT2D eigenvalue weighted by atomic mass is 10.2. The standard InChI is InChI=1S/C12H24N2O3S/c1-3-5-10-18(16,17)14-8-6-13(7-9-14)12(4-2)11-15/h3,12,15H,1,4-11H2,2H3. The second kappa shape index (κ2) is 7.23. The molecule has 1 saturated heterocycles. The van der Waals surface area contributed by atoms with Gasteiger partial charge in [0.15, 0.2) is 0 Å². The average Bonchev–Trinajstić information content (AvgIpc) is 2.38. The van der Waals surface area contributed by atoms with Crippen molar-refractivity contribution >= 4 is 10.0 Å². The van der Waals surface area contributed by atoms with Gasteiger partial charge in [-0.05, 0) is 12.8 Å². The van der Waals surface area contributed by atoms with E-state index in [0.717, 1.165) is 6.42 Å². The van der Waals surface area contributed by atoms with Crippen LogP contribution < -0.4 is 0 Å². The van der Waals surface area contributed by atoms with Crippen molar-refractivity contribution in [1.82, 2.24) is 9.21 Å². The summed E-state index contributed by atoms with van der Waals surface area (Å²) in [6.07, 6.45) is 3.02. The Morgan fingerprint density at radius 2 is 1.94 bits per heavy atom. The second-order valence-corrected chi connectivity index (χ2v) is 6.66. The van der Waals surface area contributed by atoms with Crippen LogP contribution in [0.2, 0.25) is 0 Å². The van der Waals surface area contributed by atoms with Gasteiger partial charge in [-0.15, -0.1) is 6.58 Å². The fraction of sp³-hybridized carbons (Fsp3) is 0.833. The quantitative estimate of drug-likeness (QED) is 0.679. The highest BCUT2D eigenvalue weighted by Crippen LogP contribution is 2.12. The van der Waals surface area contributed by atoms with Crippen molar-refractivity contribution in [3.63, 3.8) is 0 Å². The summed E-state index contributed by atoms with van der Waals surface area (Å²) in [6, 6.07) is 0.156. The molecule has 6 heteroatoms. The largest absolute Gasteiger partial charge is 0.395 e. The number of aliphatic hydroxyl groups excluding tert-OH is 1. The zero-order chi connectivity index (χ0) is 13.6. The Morgan fingerprint density at radius 1 is 1.33 bits per heavy atom. The SMILES string of the molecule is C=CCCS(=O)(=O)N1CCN(C(CC)CO)CC1. The van der Waals surface area contributed by atoms with Crippen LogP contribution in [0.25, 0.3) is 0 Å². The van der Waals surface area contributed by atoms with Crippen LogP contribution in [0.5, 0.6) is 0 Å². The van der Waals surface area contributed by atoms with E-state index in [0.29, 0.717) is 32.6 Å². The van der Waals surface area contributed by atoms with E-state index in [1.165, 1.54) is 0 Å². The Labute approximate surface area is 110 Å². The molecule has 1 heterocycles. The van der Waals surface area contributed by atoms with Crippen molar-refractivity contribution in [2.75, 3.05) is 38.5 Å². The summed E-state index contributed by atoms with van der Waals surface area (Å²) in [5.74, 6) is 0.147. The highest BCUT2D eigenvalue weighted by atomic mass is 32.2. The van der Waals surface area contributed by atoms with Crippen LogP contribution in [0.15, 0.2) is 12.7 Å². The number of sulfonamides is 1. The van der Waals surface area contributed by atoms with Crippen molar-refractivity contribution in [3.8, 4) is 0 Å². The molecule has 106 valence electrons. The van der Waals surface area contributed by atoms with E-state index in [-0.39, 0.29) is 18.4 Å². The molecule has 0 bridgehead atoms. The van der Waals surface area contributed by atoms with Gasteiger partial charge in [-0.25, -0.2) is 8.42 Å². The van der Waals surface area contributed by atoms with E-state index < -0.39 is 10.0 Å². The van der Waals surface area contributed by atoms with Crippen LogP contribution in [-0.4, -0.2) is 67.3 Å². The number of allylic oxidation sites excluding steroid dienone is 1. The highest BCUT2D eigenvalue weighted by Gasteiger charge is 2.28. The van der Waals surface area contributed by atoms with Gasteiger partial charge >= 0.3 is 0 Å². The zero-order valence-electron chi connectivity index (χ0n) is 11.1. The molecule has 1 unspecified atom stereocenters. The second-order valence-electron chi connectivity index (χ2n) is 4.57. The summed E-state index contributed by atoms with van der Waals surface area (Å²) in [5, 5.41) is 9.24. The summed E-state index contributed by atoms with van der Waals surface area (Å²) in [6.45, 7) is 8.17. The van der Waals surface area contributed by atoms with Crippen molar-refractivity contribution < 1.29 is 13.5 Å². The van der Waals surface area contributed by atoms with Gasteiger partial charge in [-0.2, -0.15) is 4.31 Å². The van der Waals surface area contributed by atoms with Gasteiger partial charge in [0.2, 0.25) is 10.0 Å².